The summed E-state index contributed by atoms with van der Waals surface area (Å²) in [5.74, 6) is 0.736. The summed E-state index contributed by atoms with van der Waals surface area (Å²) >= 11 is 0. The zero-order valence-electron chi connectivity index (χ0n) is 31.1. The molecule has 280 valence electrons. The lowest BCUT2D eigenvalue weighted by atomic mass is 10.1. The Kier molecular flexibility index (Phi) is 14.1. The van der Waals surface area contributed by atoms with Crippen LogP contribution in [-0.4, -0.2) is 68.7 Å². The number of nitrogens with one attached hydrogen (secondary N) is 2. The molecular formula is C39H48N2O11. The fourth-order valence-electron chi connectivity index (χ4n) is 4.75. The first-order chi connectivity index (χ1) is 24.4. The number of hydrogen-bond donors (Lipinski definition) is 2. The average Bonchev–Trinajstić information content (AvgIpc) is 3.06. The Hall–Kier alpha value is -5.72. The van der Waals surface area contributed by atoms with Crippen LogP contribution in [0.3, 0.4) is 0 Å². The van der Waals surface area contributed by atoms with Gasteiger partial charge in [0.25, 0.3) is 0 Å². The van der Waals surface area contributed by atoms with Crippen molar-refractivity contribution in [2.24, 2.45) is 0 Å². The maximum Gasteiger partial charge on any atom is 0.408 e. The van der Waals surface area contributed by atoms with E-state index in [-0.39, 0.29) is 12.8 Å². The lowest BCUT2D eigenvalue weighted by molar-refractivity contribution is -0.143. The maximum absolute atomic E-state index is 12.4. The number of alkyl carbamates (subject to hydrolysis) is 2. The van der Waals surface area contributed by atoms with E-state index < -0.39 is 47.4 Å². The molecule has 0 heterocycles. The number of carbonyl (C=O) groups excluding carboxylic acids is 4. The van der Waals surface area contributed by atoms with Gasteiger partial charge in [-0.15, -0.1) is 0 Å². The topological polar surface area (TPSA) is 157 Å². The fourth-order valence-corrected chi connectivity index (χ4v) is 4.75. The molecule has 13 heteroatoms. The van der Waals surface area contributed by atoms with Crippen LogP contribution < -0.4 is 24.8 Å². The number of amides is 2. The molecule has 0 fully saturated rings. The van der Waals surface area contributed by atoms with E-state index in [4.69, 9.17) is 33.2 Å². The molecule has 52 heavy (non-hydrogen) atoms. The van der Waals surface area contributed by atoms with Gasteiger partial charge in [0.05, 0.1) is 21.3 Å². The summed E-state index contributed by atoms with van der Waals surface area (Å²) in [4.78, 5) is 49.4. The van der Waals surface area contributed by atoms with Crippen molar-refractivity contribution in [2.75, 3.05) is 21.3 Å². The third-order valence-electron chi connectivity index (χ3n) is 7.02. The van der Waals surface area contributed by atoms with Crippen LogP contribution in [0.1, 0.15) is 58.2 Å². The number of hydrogen-bond acceptors (Lipinski definition) is 11. The monoisotopic (exact) mass is 720 g/mol. The van der Waals surface area contributed by atoms with E-state index in [1.54, 1.807) is 108 Å². The van der Waals surface area contributed by atoms with Gasteiger partial charge in [0.1, 0.15) is 34.8 Å². The highest BCUT2D eigenvalue weighted by Gasteiger charge is 2.27. The maximum atomic E-state index is 12.4. The van der Waals surface area contributed by atoms with E-state index in [0.29, 0.717) is 34.3 Å². The van der Waals surface area contributed by atoms with Gasteiger partial charge >= 0.3 is 24.1 Å². The summed E-state index contributed by atoms with van der Waals surface area (Å²) in [7, 11) is 3.98. The number of methoxy groups -OCH3 is 3. The number of esters is 2. The Labute approximate surface area is 304 Å². The Morgan fingerprint density at radius 1 is 0.654 bits per heavy atom. The smallest absolute Gasteiger partial charge is 0.408 e. The summed E-state index contributed by atoms with van der Waals surface area (Å²) in [6.45, 7) is 14.2. The van der Waals surface area contributed by atoms with E-state index in [9.17, 15) is 19.2 Å². The molecule has 0 aromatic heterocycles. The van der Waals surface area contributed by atoms with Gasteiger partial charge in [0.2, 0.25) is 5.75 Å². The van der Waals surface area contributed by atoms with Crippen molar-refractivity contribution < 1.29 is 52.3 Å². The van der Waals surface area contributed by atoms with Crippen LogP contribution in [0.5, 0.6) is 28.7 Å². The van der Waals surface area contributed by atoms with Gasteiger partial charge in [0, 0.05) is 12.8 Å². The van der Waals surface area contributed by atoms with E-state index in [0.717, 1.165) is 11.1 Å². The minimum Gasteiger partial charge on any atom is -0.490 e. The Balaban J connectivity index is 1.77. The average molecular weight is 721 g/mol. The number of ether oxygens (including phenoxy) is 7. The van der Waals surface area contributed by atoms with Crippen LogP contribution in [0.2, 0.25) is 0 Å². The molecule has 2 amide bonds. The molecule has 0 spiro atoms. The summed E-state index contributed by atoms with van der Waals surface area (Å²) in [5.41, 5.74) is 0.698. The van der Waals surface area contributed by atoms with Crippen molar-refractivity contribution in [3.63, 3.8) is 0 Å². The first kappa shape index (κ1) is 40.7. The third kappa shape index (κ3) is 12.9. The van der Waals surface area contributed by atoms with Crippen LogP contribution >= 0.6 is 0 Å². The second-order valence-electron chi connectivity index (χ2n) is 13.6. The van der Waals surface area contributed by atoms with E-state index >= 15 is 0 Å². The van der Waals surface area contributed by atoms with E-state index in [1.807, 2.05) is 0 Å². The number of carbonyl (C=O) groups is 4. The molecule has 2 atom stereocenters. The zero-order valence-corrected chi connectivity index (χ0v) is 31.1. The molecule has 2 N–H and O–H groups in total. The Morgan fingerprint density at radius 3 is 1.31 bits per heavy atom. The highest BCUT2D eigenvalue weighted by atomic mass is 16.6. The van der Waals surface area contributed by atoms with Gasteiger partial charge in [-0.25, -0.2) is 19.2 Å². The van der Waals surface area contributed by atoms with Gasteiger partial charge < -0.3 is 43.8 Å². The molecule has 3 rings (SSSR count). The third-order valence-corrected chi connectivity index (χ3v) is 7.02. The van der Waals surface area contributed by atoms with Crippen LogP contribution in [0.25, 0.3) is 6.08 Å². The summed E-state index contributed by atoms with van der Waals surface area (Å²) in [6.07, 6.45) is 0.487. The van der Waals surface area contributed by atoms with Crippen molar-refractivity contribution in [3.05, 3.63) is 83.9 Å². The summed E-state index contributed by atoms with van der Waals surface area (Å²) < 4.78 is 38.4. The van der Waals surface area contributed by atoms with Crippen molar-refractivity contribution in [3.8, 4) is 28.7 Å². The minimum absolute atomic E-state index is 0.155. The molecule has 3 aromatic carbocycles. The molecule has 0 saturated carbocycles. The Bertz CT molecular complexity index is 1590. The first-order valence-corrected chi connectivity index (χ1v) is 16.5. The van der Waals surface area contributed by atoms with Crippen molar-refractivity contribution >= 4 is 30.2 Å². The highest BCUT2D eigenvalue weighted by Crippen LogP contribution is 2.43. The van der Waals surface area contributed by atoms with Gasteiger partial charge in [-0.05, 0) is 94.6 Å². The standard InChI is InChI=1S/C39H48N2O11/c1-11-24-22-31(49-27-16-12-25(13-17-27)20-29(34(42)47-9)40-36(44)51-38(2,3)4)33(46-8)32(23-24)50-28-18-14-26(15-19-28)21-30(35(43)48-10)41-37(45)52-39(5,6)7/h11-19,22-23,29-30H,1,20-21H2,2-10H3,(H,40,44)(H,41,45)/t29-,30-/m0/s1. The molecular weight excluding hydrogens is 672 g/mol. The Morgan fingerprint density at radius 2 is 1.02 bits per heavy atom. The predicted molar refractivity (Wildman–Crippen MR) is 194 cm³/mol. The SMILES string of the molecule is C=Cc1cc(Oc2ccc(C[C@H](NC(=O)OC(C)(C)C)C(=O)OC)cc2)c(OC)c(Oc2ccc(C[C@H](NC(=O)OC(C)(C)C)C(=O)OC)cc2)c1. The molecule has 0 unspecified atom stereocenters. The molecule has 0 aliphatic rings. The molecule has 0 saturated heterocycles. The molecule has 0 radical (unpaired) electrons. The lowest BCUT2D eigenvalue weighted by Crippen LogP contribution is -2.45. The van der Waals surface area contributed by atoms with Gasteiger partial charge in [0.15, 0.2) is 11.5 Å². The second-order valence-corrected chi connectivity index (χ2v) is 13.6. The number of rotatable bonds is 14. The first-order valence-electron chi connectivity index (χ1n) is 16.5. The lowest BCUT2D eigenvalue weighted by Gasteiger charge is -2.22. The fraction of sp³-hybridized carbons (Fsp3) is 0.385. The molecule has 0 aliphatic heterocycles. The molecule has 3 aromatic rings. The van der Waals surface area contributed by atoms with Crippen molar-refractivity contribution in [2.45, 2.75) is 77.7 Å². The van der Waals surface area contributed by atoms with Crippen LogP contribution in [0, 0.1) is 0 Å². The molecule has 13 nitrogen and oxygen atoms in total. The van der Waals surface area contributed by atoms with Crippen molar-refractivity contribution in [1.82, 2.24) is 10.6 Å². The predicted octanol–water partition coefficient (Wildman–Crippen LogP) is 7.14. The van der Waals surface area contributed by atoms with Crippen LogP contribution in [0.4, 0.5) is 9.59 Å². The van der Waals surface area contributed by atoms with Crippen molar-refractivity contribution in [1.29, 1.82) is 0 Å². The zero-order chi connectivity index (χ0) is 38.6. The largest absolute Gasteiger partial charge is 0.490 e. The normalized spacial score (nSPS) is 12.3. The molecule has 0 aliphatic carbocycles. The quantitative estimate of drug-likeness (QED) is 0.129. The van der Waals surface area contributed by atoms with Gasteiger partial charge in [-0.1, -0.05) is 36.9 Å². The van der Waals surface area contributed by atoms with Gasteiger partial charge in [-0.3, -0.25) is 0 Å². The van der Waals surface area contributed by atoms with E-state index in [2.05, 4.69) is 17.2 Å². The van der Waals surface area contributed by atoms with Crippen LogP contribution in [0.15, 0.2) is 67.2 Å². The number of benzene rings is 3. The van der Waals surface area contributed by atoms with Crippen LogP contribution in [-0.2, 0) is 41.4 Å². The van der Waals surface area contributed by atoms with E-state index in [1.165, 1.54) is 21.3 Å². The summed E-state index contributed by atoms with van der Waals surface area (Å²) in [6, 6.07) is 15.5. The van der Waals surface area contributed by atoms with Gasteiger partial charge in [-0.2, -0.15) is 0 Å². The minimum atomic E-state index is -0.965. The highest BCUT2D eigenvalue weighted by molar-refractivity contribution is 5.82. The second kappa shape index (κ2) is 18.0. The molecule has 0 bridgehead atoms. The summed E-state index contributed by atoms with van der Waals surface area (Å²) in [5, 5.41) is 5.13.